The molecular weight excluding hydrogens is 378 g/mol. The van der Waals surface area contributed by atoms with Crippen molar-refractivity contribution in [2.45, 2.75) is 25.7 Å². The summed E-state index contributed by atoms with van der Waals surface area (Å²) >= 11 is 0. The number of rotatable bonds is 6. The summed E-state index contributed by atoms with van der Waals surface area (Å²) in [6.45, 7) is 1.46. The number of para-hydroxylation sites is 2. The number of nitrogens with one attached hydrogen (secondary N) is 1. The number of anilines is 2. The highest BCUT2D eigenvalue weighted by molar-refractivity contribution is 5.97. The molecule has 1 amide bonds. The number of aromatic nitrogens is 3. The zero-order valence-electron chi connectivity index (χ0n) is 16.7. The molecule has 0 bridgehead atoms. The SMILES string of the molecule is O=C1COc2ccccc2N1CCCNc1nc(-c2ccncc2)nc2c1CCC2. The van der Waals surface area contributed by atoms with Crippen LogP contribution in [0.15, 0.2) is 48.8 Å². The molecule has 0 saturated heterocycles. The number of pyridine rings is 1. The van der Waals surface area contributed by atoms with Gasteiger partial charge in [-0.1, -0.05) is 12.1 Å². The van der Waals surface area contributed by atoms with Crippen molar-refractivity contribution in [1.29, 1.82) is 0 Å². The molecule has 0 radical (unpaired) electrons. The number of fused-ring (bicyclic) bond motifs is 2. The van der Waals surface area contributed by atoms with Crippen molar-refractivity contribution in [2.75, 3.05) is 29.9 Å². The minimum Gasteiger partial charge on any atom is -0.482 e. The molecule has 7 heteroatoms. The molecule has 1 N–H and O–H groups in total. The smallest absolute Gasteiger partial charge is 0.265 e. The number of hydrogen-bond donors (Lipinski definition) is 1. The second-order valence-corrected chi connectivity index (χ2v) is 7.49. The zero-order chi connectivity index (χ0) is 20.3. The van der Waals surface area contributed by atoms with Gasteiger partial charge in [0.25, 0.3) is 5.91 Å². The van der Waals surface area contributed by atoms with E-state index >= 15 is 0 Å². The van der Waals surface area contributed by atoms with E-state index in [0.29, 0.717) is 6.54 Å². The van der Waals surface area contributed by atoms with E-state index in [4.69, 9.17) is 14.7 Å². The Kier molecular flexibility index (Phi) is 5.01. The minimum atomic E-state index is -0.00315. The van der Waals surface area contributed by atoms with Gasteiger partial charge in [-0.25, -0.2) is 9.97 Å². The fraction of sp³-hybridized carbons (Fsp3) is 0.304. The van der Waals surface area contributed by atoms with Gasteiger partial charge >= 0.3 is 0 Å². The number of nitrogens with zero attached hydrogens (tertiary/aromatic N) is 4. The Labute approximate surface area is 175 Å². The predicted molar refractivity (Wildman–Crippen MR) is 115 cm³/mol. The van der Waals surface area contributed by atoms with Crippen molar-refractivity contribution in [3.8, 4) is 17.1 Å². The van der Waals surface area contributed by atoms with Gasteiger partial charge in [0.2, 0.25) is 0 Å². The first-order chi connectivity index (χ1) is 14.8. The second-order valence-electron chi connectivity index (χ2n) is 7.49. The Balaban J connectivity index is 1.28. The first-order valence-electron chi connectivity index (χ1n) is 10.4. The number of benzene rings is 1. The lowest BCUT2D eigenvalue weighted by atomic mass is 10.2. The monoisotopic (exact) mass is 401 g/mol. The van der Waals surface area contributed by atoms with Gasteiger partial charge in [0.1, 0.15) is 11.6 Å². The van der Waals surface area contributed by atoms with Gasteiger partial charge in [-0.3, -0.25) is 9.78 Å². The van der Waals surface area contributed by atoms with E-state index in [-0.39, 0.29) is 12.5 Å². The molecule has 0 spiro atoms. The summed E-state index contributed by atoms with van der Waals surface area (Å²) in [6.07, 6.45) is 7.43. The third-order valence-corrected chi connectivity index (χ3v) is 5.53. The van der Waals surface area contributed by atoms with Crippen molar-refractivity contribution in [3.63, 3.8) is 0 Å². The maximum absolute atomic E-state index is 12.3. The Morgan fingerprint density at radius 3 is 2.83 bits per heavy atom. The van der Waals surface area contributed by atoms with E-state index in [1.165, 1.54) is 5.56 Å². The highest BCUT2D eigenvalue weighted by Gasteiger charge is 2.25. The predicted octanol–water partition coefficient (Wildman–Crippen LogP) is 3.25. The Bertz CT molecular complexity index is 1070. The summed E-state index contributed by atoms with van der Waals surface area (Å²) in [6, 6.07) is 11.5. The number of ether oxygens (including phenoxy) is 1. The van der Waals surface area contributed by atoms with E-state index in [0.717, 1.165) is 66.6 Å². The maximum Gasteiger partial charge on any atom is 0.265 e. The van der Waals surface area contributed by atoms with Crippen LogP contribution in [0.5, 0.6) is 5.75 Å². The molecule has 7 nitrogen and oxygen atoms in total. The van der Waals surface area contributed by atoms with Crippen LogP contribution in [0, 0.1) is 0 Å². The lowest BCUT2D eigenvalue weighted by molar-refractivity contribution is -0.121. The first-order valence-corrected chi connectivity index (χ1v) is 10.4. The Morgan fingerprint density at radius 1 is 1.07 bits per heavy atom. The molecule has 1 aliphatic heterocycles. The molecule has 1 aromatic carbocycles. The summed E-state index contributed by atoms with van der Waals surface area (Å²) < 4.78 is 5.52. The zero-order valence-corrected chi connectivity index (χ0v) is 16.7. The summed E-state index contributed by atoms with van der Waals surface area (Å²) in [4.78, 5) is 27.8. The van der Waals surface area contributed by atoms with Crippen LogP contribution in [0.2, 0.25) is 0 Å². The van der Waals surface area contributed by atoms with E-state index in [1.54, 1.807) is 12.4 Å². The third-order valence-electron chi connectivity index (χ3n) is 5.53. The van der Waals surface area contributed by atoms with E-state index < -0.39 is 0 Å². The quantitative estimate of drug-likeness (QED) is 0.639. The average molecular weight is 401 g/mol. The molecule has 0 unspecified atom stereocenters. The van der Waals surface area contributed by atoms with Crippen molar-refractivity contribution < 1.29 is 9.53 Å². The molecule has 152 valence electrons. The molecule has 5 rings (SSSR count). The average Bonchev–Trinajstić information content (AvgIpc) is 3.27. The van der Waals surface area contributed by atoms with E-state index in [1.807, 2.05) is 41.3 Å². The van der Waals surface area contributed by atoms with Gasteiger partial charge in [-0.2, -0.15) is 0 Å². The second kappa shape index (κ2) is 8.10. The molecule has 2 aromatic heterocycles. The molecule has 1 aliphatic carbocycles. The molecule has 3 aromatic rings. The maximum atomic E-state index is 12.3. The lowest BCUT2D eigenvalue weighted by Crippen LogP contribution is -2.39. The molecule has 0 atom stereocenters. The number of hydrogen-bond acceptors (Lipinski definition) is 6. The Morgan fingerprint density at radius 2 is 1.93 bits per heavy atom. The molecular formula is C23H23N5O2. The third kappa shape index (κ3) is 3.58. The van der Waals surface area contributed by atoms with Gasteiger partial charge in [0, 0.05) is 42.3 Å². The fourth-order valence-electron chi connectivity index (χ4n) is 4.05. The normalized spacial score (nSPS) is 14.8. The van der Waals surface area contributed by atoms with Crippen LogP contribution < -0.4 is 15.0 Å². The molecule has 2 aliphatic rings. The standard InChI is InChI=1S/C23H23N5O2/c29-21-15-30-20-8-2-1-7-19(20)28(21)14-4-11-25-23-17-5-3-6-18(17)26-22(27-23)16-9-12-24-13-10-16/h1-2,7-10,12-13H,3-6,11,14-15H2,(H,25,26,27). The number of carbonyl (C=O) groups is 1. The summed E-state index contributed by atoms with van der Waals surface area (Å²) in [5, 5.41) is 3.50. The summed E-state index contributed by atoms with van der Waals surface area (Å²) in [5.74, 6) is 2.41. The van der Waals surface area contributed by atoms with Crippen molar-refractivity contribution >= 4 is 17.4 Å². The lowest BCUT2D eigenvalue weighted by Gasteiger charge is -2.29. The molecule has 30 heavy (non-hydrogen) atoms. The van der Waals surface area contributed by atoms with Crippen LogP contribution in [0.25, 0.3) is 11.4 Å². The fourth-order valence-corrected chi connectivity index (χ4v) is 4.05. The van der Waals surface area contributed by atoms with Gasteiger partial charge in [0.15, 0.2) is 12.4 Å². The number of amides is 1. The number of carbonyl (C=O) groups excluding carboxylic acids is 1. The summed E-state index contributed by atoms with van der Waals surface area (Å²) in [7, 11) is 0. The van der Waals surface area contributed by atoms with Crippen molar-refractivity contribution in [1.82, 2.24) is 15.0 Å². The van der Waals surface area contributed by atoms with Gasteiger partial charge in [-0.15, -0.1) is 0 Å². The molecule has 0 saturated carbocycles. The van der Waals surface area contributed by atoms with Gasteiger partial charge in [0.05, 0.1) is 5.69 Å². The molecule has 0 fully saturated rings. The Hall–Kier alpha value is -3.48. The van der Waals surface area contributed by atoms with Gasteiger partial charge in [-0.05, 0) is 49.9 Å². The van der Waals surface area contributed by atoms with Crippen molar-refractivity contribution in [2.24, 2.45) is 0 Å². The molecule has 3 heterocycles. The van der Waals surface area contributed by atoms with Crippen LogP contribution >= 0.6 is 0 Å². The number of aryl methyl sites for hydroxylation is 1. The highest BCUT2D eigenvalue weighted by Crippen LogP contribution is 2.32. The van der Waals surface area contributed by atoms with E-state index in [9.17, 15) is 4.79 Å². The van der Waals surface area contributed by atoms with Crippen LogP contribution in [0.1, 0.15) is 24.1 Å². The van der Waals surface area contributed by atoms with Crippen molar-refractivity contribution in [3.05, 3.63) is 60.0 Å². The largest absolute Gasteiger partial charge is 0.482 e. The highest BCUT2D eigenvalue weighted by atomic mass is 16.5. The van der Waals surface area contributed by atoms with E-state index in [2.05, 4.69) is 10.3 Å². The minimum absolute atomic E-state index is 0.00315. The topological polar surface area (TPSA) is 80.2 Å². The first kappa shape index (κ1) is 18.5. The van der Waals surface area contributed by atoms with Crippen LogP contribution in [0.3, 0.4) is 0 Å². The van der Waals surface area contributed by atoms with Gasteiger partial charge < -0.3 is 15.0 Å². The van der Waals surface area contributed by atoms with Crippen LogP contribution in [-0.4, -0.2) is 40.6 Å². The van der Waals surface area contributed by atoms with Crippen LogP contribution in [-0.2, 0) is 17.6 Å². The summed E-state index contributed by atoms with van der Waals surface area (Å²) in [5.41, 5.74) is 4.17. The van der Waals surface area contributed by atoms with Crippen LogP contribution in [0.4, 0.5) is 11.5 Å².